The van der Waals surface area contributed by atoms with Crippen LogP contribution in [-0.2, 0) is 17.6 Å². The smallest absolute Gasteiger partial charge is 0.167 e. The second kappa shape index (κ2) is 10.7. The second-order valence-corrected chi connectivity index (χ2v) is 10.2. The molecule has 1 unspecified atom stereocenters. The Morgan fingerprint density at radius 3 is 2.11 bits per heavy atom. The number of aryl methyl sites for hydroxylation is 1. The highest BCUT2D eigenvalue weighted by atomic mass is 19.2. The Kier molecular flexibility index (Phi) is 7.41. The molecule has 3 aromatic rings. The van der Waals surface area contributed by atoms with Crippen LogP contribution < -0.4 is 0 Å². The molecule has 5 heteroatoms. The van der Waals surface area contributed by atoms with E-state index in [-0.39, 0.29) is 34.8 Å². The van der Waals surface area contributed by atoms with Crippen LogP contribution in [0.25, 0.3) is 27.8 Å². The fourth-order valence-corrected chi connectivity index (χ4v) is 5.63. The van der Waals surface area contributed by atoms with Gasteiger partial charge in [0.15, 0.2) is 23.3 Å². The van der Waals surface area contributed by atoms with Crippen molar-refractivity contribution in [1.29, 1.82) is 0 Å². The first kappa shape index (κ1) is 25.6. The first-order valence-corrected chi connectivity index (χ1v) is 13.4. The molecule has 37 heavy (non-hydrogen) atoms. The van der Waals surface area contributed by atoms with Gasteiger partial charge in [-0.05, 0) is 78.0 Å². The molecule has 0 saturated heterocycles. The van der Waals surface area contributed by atoms with E-state index >= 15 is 8.78 Å². The van der Waals surface area contributed by atoms with Gasteiger partial charge in [-0.15, -0.1) is 0 Å². The Morgan fingerprint density at radius 2 is 1.46 bits per heavy atom. The van der Waals surface area contributed by atoms with Crippen molar-refractivity contribution < 1.29 is 22.3 Å². The molecular weight excluding hydrogens is 476 g/mol. The standard InChI is InChI=1S/C32H32F4O/c1-3-5-6-8-25-14-13-22(18-37-25)19-9-11-20(12-10-19)26-17-24-16-23-15-21(7-4-2)29(33)31(35)27(23)28(24)32(36)30(26)34/h9-12,15,17-18,25H,3-8,13-14,16H2,1-2H3. The summed E-state index contributed by atoms with van der Waals surface area (Å²) >= 11 is 0. The predicted octanol–water partition coefficient (Wildman–Crippen LogP) is 9.53. The molecule has 2 aliphatic rings. The van der Waals surface area contributed by atoms with E-state index in [2.05, 4.69) is 6.92 Å². The molecule has 194 valence electrons. The average molecular weight is 509 g/mol. The molecule has 1 heterocycles. The zero-order valence-electron chi connectivity index (χ0n) is 21.4. The van der Waals surface area contributed by atoms with Gasteiger partial charge in [0.05, 0.1) is 12.4 Å². The van der Waals surface area contributed by atoms with Crippen LogP contribution in [0.15, 0.2) is 42.7 Å². The Labute approximate surface area is 216 Å². The molecule has 0 saturated carbocycles. The maximum Gasteiger partial charge on any atom is 0.167 e. The zero-order valence-corrected chi connectivity index (χ0v) is 21.4. The maximum atomic E-state index is 15.3. The van der Waals surface area contributed by atoms with Crippen molar-refractivity contribution >= 4 is 5.57 Å². The molecule has 0 spiro atoms. The molecule has 5 rings (SSSR count). The number of unbranched alkanes of at least 4 members (excludes halogenated alkanes) is 2. The molecule has 1 aliphatic carbocycles. The summed E-state index contributed by atoms with van der Waals surface area (Å²) in [6.45, 7) is 4.07. The molecule has 1 atom stereocenters. The van der Waals surface area contributed by atoms with Crippen molar-refractivity contribution in [3.63, 3.8) is 0 Å². The van der Waals surface area contributed by atoms with Crippen molar-refractivity contribution in [3.8, 4) is 22.3 Å². The minimum absolute atomic E-state index is 0.120. The first-order valence-electron chi connectivity index (χ1n) is 13.4. The van der Waals surface area contributed by atoms with Crippen LogP contribution in [0.1, 0.15) is 81.0 Å². The summed E-state index contributed by atoms with van der Waals surface area (Å²) in [5.74, 6) is -4.24. The molecule has 0 radical (unpaired) electrons. The number of ether oxygens (including phenoxy) is 1. The van der Waals surface area contributed by atoms with Gasteiger partial charge in [-0.25, -0.2) is 17.6 Å². The van der Waals surface area contributed by atoms with Crippen LogP contribution in [0.4, 0.5) is 17.6 Å². The normalized spacial score (nSPS) is 16.3. The van der Waals surface area contributed by atoms with Gasteiger partial charge >= 0.3 is 0 Å². The SMILES string of the molecule is CCCCCC1CCC(c2ccc(-c3cc4c(c(F)c3F)-c3c(cc(CCC)c(F)c3F)C4)cc2)=CO1. The number of halogens is 4. The van der Waals surface area contributed by atoms with E-state index in [1.54, 1.807) is 24.3 Å². The number of hydrogen-bond donors (Lipinski definition) is 0. The van der Waals surface area contributed by atoms with Crippen LogP contribution in [-0.4, -0.2) is 6.10 Å². The molecule has 0 amide bonds. The van der Waals surface area contributed by atoms with Gasteiger partial charge in [-0.2, -0.15) is 0 Å². The van der Waals surface area contributed by atoms with Crippen molar-refractivity contribution in [1.82, 2.24) is 0 Å². The van der Waals surface area contributed by atoms with Gasteiger partial charge in [-0.3, -0.25) is 0 Å². The van der Waals surface area contributed by atoms with Crippen molar-refractivity contribution in [2.75, 3.05) is 0 Å². The third kappa shape index (κ3) is 4.81. The van der Waals surface area contributed by atoms with Gasteiger partial charge in [0.25, 0.3) is 0 Å². The predicted molar refractivity (Wildman–Crippen MR) is 140 cm³/mol. The summed E-state index contributed by atoms with van der Waals surface area (Å²) in [4.78, 5) is 0. The maximum absolute atomic E-state index is 15.3. The molecule has 0 bridgehead atoms. The van der Waals surface area contributed by atoms with Gasteiger partial charge in [0.1, 0.15) is 0 Å². The van der Waals surface area contributed by atoms with E-state index in [4.69, 9.17) is 4.74 Å². The van der Waals surface area contributed by atoms with Gasteiger partial charge in [-0.1, -0.05) is 63.4 Å². The van der Waals surface area contributed by atoms with E-state index in [1.807, 2.05) is 25.3 Å². The average Bonchev–Trinajstić information content (AvgIpc) is 3.28. The summed E-state index contributed by atoms with van der Waals surface area (Å²) in [5, 5.41) is 0. The van der Waals surface area contributed by atoms with Gasteiger partial charge in [0, 0.05) is 16.7 Å². The Bertz CT molecular complexity index is 1340. The second-order valence-electron chi connectivity index (χ2n) is 10.2. The first-order chi connectivity index (χ1) is 17.9. The summed E-state index contributed by atoms with van der Waals surface area (Å²) < 4.78 is 66.1. The highest BCUT2D eigenvalue weighted by Crippen LogP contribution is 2.45. The number of rotatable bonds is 8. The topological polar surface area (TPSA) is 9.23 Å². The molecule has 0 fully saturated rings. The highest BCUT2D eigenvalue weighted by molar-refractivity contribution is 5.82. The molecule has 0 aromatic heterocycles. The van der Waals surface area contributed by atoms with Crippen molar-refractivity contribution in [2.24, 2.45) is 0 Å². The summed E-state index contributed by atoms with van der Waals surface area (Å²) in [6.07, 6.45) is 9.93. The van der Waals surface area contributed by atoms with E-state index in [9.17, 15) is 8.78 Å². The fraction of sp³-hybridized carbons (Fsp3) is 0.375. The van der Waals surface area contributed by atoms with Crippen molar-refractivity contribution in [3.05, 3.63) is 88.2 Å². The quantitative estimate of drug-likeness (QED) is 0.170. The Hall–Kier alpha value is -3.08. The van der Waals surface area contributed by atoms with Gasteiger partial charge in [0.2, 0.25) is 0 Å². The van der Waals surface area contributed by atoms with Crippen LogP contribution in [0.2, 0.25) is 0 Å². The fourth-order valence-electron chi connectivity index (χ4n) is 5.63. The zero-order chi connectivity index (χ0) is 26.1. The third-order valence-corrected chi connectivity index (χ3v) is 7.64. The lowest BCUT2D eigenvalue weighted by Crippen LogP contribution is -2.14. The summed E-state index contributed by atoms with van der Waals surface area (Å²) in [7, 11) is 0. The Balaban J connectivity index is 1.40. The highest BCUT2D eigenvalue weighted by Gasteiger charge is 2.32. The van der Waals surface area contributed by atoms with Crippen LogP contribution in [0.3, 0.4) is 0 Å². The van der Waals surface area contributed by atoms with Gasteiger partial charge < -0.3 is 4.74 Å². The molecular formula is C32H32F4O. The lowest BCUT2D eigenvalue weighted by Gasteiger charge is -2.23. The largest absolute Gasteiger partial charge is 0.498 e. The minimum Gasteiger partial charge on any atom is -0.498 e. The lowest BCUT2D eigenvalue weighted by molar-refractivity contribution is 0.116. The number of benzene rings is 3. The van der Waals surface area contributed by atoms with Crippen LogP contribution in [0, 0.1) is 23.3 Å². The Morgan fingerprint density at radius 1 is 0.784 bits per heavy atom. The van der Waals surface area contributed by atoms with Crippen molar-refractivity contribution in [2.45, 2.75) is 77.7 Å². The number of allylic oxidation sites excluding steroid dienone is 1. The van der Waals surface area contributed by atoms with E-state index in [0.717, 1.165) is 30.4 Å². The lowest BCUT2D eigenvalue weighted by atomic mass is 9.93. The monoisotopic (exact) mass is 508 g/mol. The minimum atomic E-state index is -1.13. The molecule has 3 aromatic carbocycles. The third-order valence-electron chi connectivity index (χ3n) is 7.64. The summed E-state index contributed by atoms with van der Waals surface area (Å²) in [6, 6.07) is 10.5. The summed E-state index contributed by atoms with van der Waals surface area (Å²) in [5.41, 5.74) is 3.67. The van der Waals surface area contributed by atoms with Crippen LogP contribution in [0.5, 0.6) is 0 Å². The van der Waals surface area contributed by atoms with E-state index in [1.165, 1.54) is 19.3 Å². The molecule has 1 aliphatic heterocycles. The van der Waals surface area contributed by atoms with E-state index < -0.39 is 23.3 Å². The number of hydrogen-bond acceptors (Lipinski definition) is 1. The van der Waals surface area contributed by atoms with E-state index in [0.29, 0.717) is 29.5 Å². The van der Waals surface area contributed by atoms with Crippen LogP contribution >= 0.6 is 0 Å². The molecule has 1 nitrogen and oxygen atoms in total. The number of fused-ring (bicyclic) bond motifs is 3. The molecule has 0 N–H and O–H groups in total.